The van der Waals surface area contributed by atoms with Crippen molar-refractivity contribution in [3.63, 3.8) is 0 Å². The Morgan fingerprint density at radius 3 is 2.71 bits per heavy atom. The van der Waals surface area contributed by atoms with Crippen molar-refractivity contribution >= 4 is 29.1 Å². The van der Waals surface area contributed by atoms with Crippen LogP contribution in [0.3, 0.4) is 0 Å². The van der Waals surface area contributed by atoms with Gasteiger partial charge < -0.3 is 15.0 Å². The Morgan fingerprint density at radius 1 is 1.21 bits per heavy atom. The van der Waals surface area contributed by atoms with Crippen molar-refractivity contribution in [3.8, 4) is 5.75 Å². The van der Waals surface area contributed by atoms with Gasteiger partial charge in [0.25, 0.3) is 11.8 Å². The van der Waals surface area contributed by atoms with Gasteiger partial charge in [0, 0.05) is 20.0 Å². The smallest absolute Gasteiger partial charge is 0.267 e. The number of ether oxygens (including phenoxy) is 1. The van der Waals surface area contributed by atoms with E-state index >= 15 is 0 Å². The van der Waals surface area contributed by atoms with E-state index in [9.17, 15) is 9.59 Å². The van der Waals surface area contributed by atoms with Gasteiger partial charge in [0.1, 0.15) is 5.75 Å². The number of fused-ring (bicyclic) bond motifs is 1. The molecular weight excluding hydrogens is 328 g/mol. The number of anilines is 1. The fraction of sp³-hybridized carbons (Fsp3) is 0.222. The van der Waals surface area contributed by atoms with Crippen LogP contribution in [0.4, 0.5) is 5.69 Å². The maximum Gasteiger partial charge on any atom is 0.267 e. The molecule has 1 heterocycles. The third-order valence-electron chi connectivity index (χ3n) is 3.91. The quantitative estimate of drug-likeness (QED) is 0.927. The van der Waals surface area contributed by atoms with E-state index in [-0.39, 0.29) is 11.8 Å². The zero-order valence-corrected chi connectivity index (χ0v) is 13.9. The van der Waals surface area contributed by atoms with Gasteiger partial charge in [-0.1, -0.05) is 35.9 Å². The van der Waals surface area contributed by atoms with Gasteiger partial charge in [0.2, 0.25) is 0 Å². The van der Waals surface area contributed by atoms with Gasteiger partial charge in [-0.05, 0) is 24.3 Å². The van der Waals surface area contributed by atoms with Gasteiger partial charge in [-0.25, -0.2) is 0 Å². The van der Waals surface area contributed by atoms with Crippen molar-refractivity contribution in [1.82, 2.24) is 5.32 Å². The highest BCUT2D eigenvalue weighted by Gasteiger charge is 2.31. The molecule has 124 valence electrons. The first-order valence-corrected chi connectivity index (χ1v) is 8.01. The molecule has 0 spiro atoms. The maximum atomic E-state index is 12.4. The highest BCUT2D eigenvalue weighted by molar-refractivity contribution is 6.33. The number of hydrogen-bond acceptors (Lipinski definition) is 3. The van der Waals surface area contributed by atoms with E-state index in [1.165, 1.54) is 0 Å². The molecule has 0 radical (unpaired) electrons. The standard InChI is InChI=1S/C18H17ClN2O3/c1-21-14-8-4-5-9-15(14)24-16(18(21)23)10-11-20-17(22)12-6-2-3-7-13(12)19/h2-9,16H,10-11H2,1H3,(H,20,22). The first-order chi connectivity index (χ1) is 11.6. The second kappa shape index (κ2) is 6.93. The molecule has 2 aromatic carbocycles. The first-order valence-electron chi connectivity index (χ1n) is 7.64. The molecule has 3 rings (SSSR count). The minimum absolute atomic E-state index is 0.124. The molecule has 6 heteroatoms. The minimum atomic E-state index is -0.614. The first kappa shape index (κ1) is 16.3. The number of carbonyl (C=O) groups is 2. The van der Waals surface area contributed by atoms with Crippen molar-refractivity contribution in [3.05, 3.63) is 59.1 Å². The Morgan fingerprint density at radius 2 is 1.92 bits per heavy atom. The summed E-state index contributed by atoms with van der Waals surface area (Å²) in [7, 11) is 1.72. The van der Waals surface area contributed by atoms with Crippen LogP contribution in [0.25, 0.3) is 0 Å². The topological polar surface area (TPSA) is 58.6 Å². The fourth-order valence-electron chi connectivity index (χ4n) is 2.61. The van der Waals surface area contributed by atoms with Crippen LogP contribution in [-0.2, 0) is 4.79 Å². The second-order valence-corrected chi connectivity index (χ2v) is 5.90. The second-order valence-electron chi connectivity index (χ2n) is 5.50. The lowest BCUT2D eigenvalue weighted by Gasteiger charge is -2.31. The molecule has 2 aromatic rings. The number of hydrogen-bond donors (Lipinski definition) is 1. The van der Waals surface area contributed by atoms with Crippen molar-refractivity contribution in [2.45, 2.75) is 12.5 Å². The molecule has 2 amide bonds. The number of likely N-dealkylation sites (N-methyl/N-ethyl adjacent to an activating group) is 1. The Kier molecular flexibility index (Phi) is 4.71. The number of carbonyl (C=O) groups excluding carboxylic acids is 2. The van der Waals surface area contributed by atoms with Gasteiger partial charge in [0.05, 0.1) is 16.3 Å². The number of benzene rings is 2. The molecule has 0 bridgehead atoms. The highest BCUT2D eigenvalue weighted by Crippen LogP contribution is 2.33. The minimum Gasteiger partial charge on any atom is -0.478 e. The van der Waals surface area contributed by atoms with E-state index in [0.717, 1.165) is 5.69 Å². The molecule has 0 saturated heterocycles. The normalized spacial score (nSPS) is 16.3. The number of rotatable bonds is 4. The van der Waals surface area contributed by atoms with Crippen molar-refractivity contribution in [2.24, 2.45) is 0 Å². The predicted octanol–water partition coefficient (Wildman–Crippen LogP) is 2.88. The predicted molar refractivity (Wildman–Crippen MR) is 92.7 cm³/mol. The largest absolute Gasteiger partial charge is 0.478 e. The summed E-state index contributed by atoms with van der Waals surface area (Å²) in [6, 6.07) is 14.2. The summed E-state index contributed by atoms with van der Waals surface area (Å²) in [4.78, 5) is 26.1. The lowest BCUT2D eigenvalue weighted by atomic mass is 10.1. The molecule has 0 fully saturated rings. The zero-order chi connectivity index (χ0) is 17.1. The molecule has 1 atom stereocenters. The molecule has 1 unspecified atom stereocenters. The van der Waals surface area contributed by atoms with Crippen LogP contribution in [0.1, 0.15) is 16.8 Å². The molecule has 0 aliphatic carbocycles. The van der Waals surface area contributed by atoms with Crippen LogP contribution in [0.15, 0.2) is 48.5 Å². The summed E-state index contributed by atoms with van der Waals surface area (Å²) in [6.45, 7) is 0.316. The van der Waals surface area contributed by atoms with E-state index < -0.39 is 6.10 Å². The summed E-state index contributed by atoms with van der Waals surface area (Å²) in [5.41, 5.74) is 1.16. The van der Waals surface area contributed by atoms with Gasteiger partial charge in [0.15, 0.2) is 6.10 Å². The van der Waals surface area contributed by atoms with E-state index in [1.54, 1.807) is 36.2 Å². The summed E-state index contributed by atoms with van der Waals surface area (Å²) in [6.07, 6.45) is -0.232. The van der Waals surface area contributed by atoms with Gasteiger partial charge in [-0.15, -0.1) is 0 Å². The van der Waals surface area contributed by atoms with Crippen molar-refractivity contribution in [2.75, 3.05) is 18.5 Å². The van der Waals surface area contributed by atoms with E-state index in [4.69, 9.17) is 16.3 Å². The average molecular weight is 345 g/mol. The summed E-state index contributed by atoms with van der Waals surface area (Å²) in [5.74, 6) is 0.278. The monoisotopic (exact) mass is 344 g/mol. The number of halogens is 1. The van der Waals surface area contributed by atoms with Crippen LogP contribution in [0, 0.1) is 0 Å². The molecular formula is C18H17ClN2O3. The number of nitrogens with zero attached hydrogens (tertiary/aromatic N) is 1. The highest BCUT2D eigenvalue weighted by atomic mass is 35.5. The SMILES string of the molecule is CN1C(=O)C(CCNC(=O)c2ccccc2Cl)Oc2ccccc21. The van der Waals surface area contributed by atoms with Gasteiger partial charge in [-0.2, -0.15) is 0 Å². The molecule has 0 saturated carbocycles. The summed E-state index contributed by atoms with van der Waals surface area (Å²) >= 11 is 6.00. The average Bonchev–Trinajstić information content (AvgIpc) is 2.59. The lowest BCUT2D eigenvalue weighted by Crippen LogP contribution is -2.45. The van der Waals surface area contributed by atoms with Crippen LogP contribution >= 0.6 is 11.6 Å². The summed E-state index contributed by atoms with van der Waals surface area (Å²) < 4.78 is 5.76. The van der Waals surface area contributed by atoms with E-state index in [0.29, 0.717) is 29.3 Å². The van der Waals surface area contributed by atoms with Gasteiger partial charge >= 0.3 is 0 Å². The molecule has 1 N–H and O–H groups in total. The molecule has 1 aliphatic heterocycles. The van der Waals surface area contributed by atoms with E-state index in [2.05, 4.69) is 5.32 Å². The third-order valence-corrected chi connectivity index (χ3v) is 4.24. The van der Waals surface area contributed by atoms with Crippen molar-refractivity contribution < 1.29 is 14.3 Å². The number of amides is 2. The Labute approximate surface area is 145 Å². The number of nitrogens with one attached hydrogen (secondary N) is 1. The van der Waals surface area contributed by atoms with Crippen LogP contribution in [0.5, 0.6) is 5.75 Å². The zero-order valence-electron chi connectivity index (χ0n) is 13.2. The van der Waals surface area contributed by atoms with Crippen LogP contribution in [0.2, 0.25) is 5.02 Å². The Balaban J connectivity index is 1.61. The molecule has 24 heavy (non-hydrogen) atoms. The Hall–Kier alpha value is -2.53. The summed E-state index contributed by atoms with van der Waals surface area (Å²) in [5, 5.41) is 3.17. The number of para-hydroxylation sites is 2. The fourth-order valence-corrected chi connectivity index (χ4v) is 2.83. The molecule has 0 aromatic heterocycles. The van der Waals surface area contributed by atoms with Crippen molar-refractivity contribution in [1.29, 1.82) is 0 Å². The molecule has 5 nitrogen and oxygen atoms in total. The van der Waals surface area contributed by atoms with E-state index in [1.807, 2.05) is 24.3 Å². The third kappa shape index (κ3) is 3.21. The lowest BCUT2D eigenvalue weighted by molar-refractivity contribution is -0.126. The Bertz CT molecular complexity index is 778. The maximum absolute atomic E-state index is 12.4. The van der Waals surface area contributed by atoms with Crippen LogP contribution < -0.4 is 15.0 Å². The molecule has 1 aliphatic rings. The van der Waals surface area contributed by atoms with Crippen LogP contribution in [-0.4, -0.2) is 31.5 Å². The van der Waals surface area contributed by atoms with Gasteiger partial charge in [-0.3, -0.25) is 9.59 Å².